The summed E-state index contributed by atoms with van der Waals surface area (Å²) in [4.78, 5) is 20.3. The van der Waals surface area contributed by atoms with Crippen molar-refractivity contribution in [2.45, 2.75) is 12.8 Å². The largest absolute Gasteiger partial charge is 0.481 e. The first kappa shape index (κ1) is 15.3. The molecule has 0 aromatic carbocycles. The molecule has 88 valence electrons. The fraction of sp³-hybridized carbons (Fsp3) is 0.714. The van der Waals surface area contributed by atoms with Crippen molar-refractivity contribution in [2.75, 3.05) is 16.6 Å². The maximum Gasteiger partial charge on any atom is 0.304 e. The smallest absolute Gasteiger partial charge is 0.304 e. The van der Waals surface area contributed by atoms with Crippen molar-refractivity contribution in [3.8, 4) is 0 Å². The van der Waals surface area contributed by atoms with Crippen molar-refractivity contribution < 1.29 is 19.8 Å². The molecule has 0 aliphatic carbocycles. The first-order valence-corrected chi connectivity index (χ1v) is 9.03. The molecule has 0 fully saturated rings. The van der Waals surface area contributed by atoms with Gasteiger partial charge in [-0.3, -0.25) is 9.59 Å². The lowest BCUT2D eigenvalue weighted by Gasteiger charge is -1.99. The van der Waals surface area contributed by atoms with E-state index in [2.05, 4.69) is 0 Å². The van der Waals surface area contributed by atoms with Crippen LogP contribution in [0.25, 0.3) is 0 Å². The average Bonchev–Trinajstić information content (AvgIpc) is 2.14. The number of carboxylic acid groups (broad SMARTS) is 2. The molecule has 0 aliphatic heterocycles. The van der Waals surface area contributed by atoms with Crippen molar-refractivity contribution in [3.63, 3.8) is 0 Å². The van der Waals surface area contributed by atoms with E-state index >= 15 is 0 Å². The molecule has 0 unspecified atom stereocenters. The lowest BCUT2D eigenvalue weighted by molar-refractivity contribution is -0.137. The van der Waals surface area contributed by atoms with Gasteiger partial charge in [-0.2, -0.15) is 0 Å². The molecule has 15 heavy (non-hydrogen) atoms. The third-order valence-corrected chi connectivity index (χ3v) is 6.64. The molecule has 0 bridgehead atoms. The highest BCUT2D eigenvalue weighted by Crippen LogP contribution is 2.32. The molecule has 0 aliphatic rings. The van der Waals surface area contributed by atoms with Crippen molar-refractivity contribution in [2.24, 2.45) is 0 Å². The van der Waals surface area contributed by atoms with Crippen molar-refractivity contribution in [1.82, 2.24) is 0 Å². The van der Waals surface area contributed by atoms with Crippen molar-refractivity contribution in [3.05, 3.63) is 0 Å². The Labute approximate surface area is 104 Å². The molecule has 0 rings (SSSR count). The second kappa shape index (κ2) is 10.8. The molecular weight excluding hydrogens is 276 g/mol. The molecule has 0 amide bonds. The van der Waals surface area contributed by atoms with Gasteiger partial charge in [-0.25, -0.2) is 0 Å². The van der Waals surface area contributed by atoms with Crippen LogP contribution in [0.2, 0.25) is 0 Å². The SMILES string of the molecule is O=C(O)CCSSCSSCCC(=O)O. The van der Waals surface area contributed by atoms with Gasteiger partial charge in [0.1, 0.15) is 0 Å². The second-order valence-corrected chi connectivity index (χ2v) is 7.82. The highest BCUT2D eigenvalue weighted by atomic mass is 33.1. The number of hydrogen-bond donors (Lipinski definition) is 2. The molecule has 0 heterocycles. The number of carboxylic acids is 2. The van der Waals surface area contributed by atoms with Crippen LogP contribution < -0.4 is 0 Å². The Morgan fingerprint density at radius 1 is 0.800 bits per heavy atom. The third kappa shape index (κ3) is 14.3. The van der Waals surface area contributed by atoms with Crippen molar-refractivity contribution >= 4 is 55.1 Å². The summed E-state index contributed by atoms with van der Waals surface area (Å²) in [5.41, 5.74) is 0. The molecule has 0 spiro atoms. The van der Waals surface area contributed by atoms with E-state index in [0.717, 1.165) is 5.08 Å². The van der Waals surface area contributed by atoms with Gasteiger partial charge in [0, 0.05) is 11.5 Å². The van der Waals surface area contributed by atoms with Crippen LogP contribution in [0.4, 0.5) is 0 Å². The van der Waals surface area contributed by atoms with Gasteiger partial charge in [0.25, 0.3) is 0 Å². The maximum absolute atomic E-state index is 10.1. The van der Waals surface area contributed by atoms with E-state index in [9.17, 15) is 9.59 Å². The Balaban J connectivity index is 2.99. The normalized spacial score (nSPS) is 10.1. The highest BCUT2D eigenvalue weighted by Gasteiger charge is 1.99. The van der Waals surface area contributed by atoms with E-state index in [0.29, 0.717) is 11.5 Å². The summed E-state index contributed by atoms with van der Waals surface area (Å²) in [5.74, 6) is -0.320. The predicted molar refractivity (Wildman–Crippen MR) is 69.5 cm³/mol. The zero-order valence-corrected chi connectivity index (χ0v) is 11.1. The summed E-state index contributed by atoms with van der Waals surface area (Å²) in [7, 11) is 6.27. The summed E-state index contributed by atoms with van der Waals surface area (Å²) in [5, 5.41) is 17.5. The van der Waals surface area contributed by atoms with Crippen LogP contribution in [0.15, 0.2) is 0 Å². The Kier molecular flexibility index (Phi) is 11.1. The molecule has 0 aromatic rings. The second-order valence-electron chi connectivity index (χ2n) is 2.28. The van der Waals surface area contributed by atoms with Crippen LogP contribution in [0.1, 0.15) is 12.8 Å². The number of aliphatic carboxylic acids is 2. The van der Waals surface area contributed by atoms with Crippen LogP contribution in [-0.2, 0) is 9.59 Å². The van der Waals surface area contributed by atoms with Gasteiger partial charge in [-0.05, 0) is 0 Å². The molecule has 8 heteroatoms. The summed E-state index contributed by atoms with van der Waals surface area (Å²) < 4.78 is 0. The molecule has 0 aromatic heterocycles. The van der Waals surface area contributed by atoms with Gasteiger partial charge in [-0.15, -0.1) is 0 Å². The maximum atomic E-state index is 10.1. The summed E-state index contributed by atoms with van der Waals surface area (Å²) >= 11 is 0. The minimum atomic E-state index is -0.772. The summed E-state index contributed by atoms with van der Waals surface area (Å²) in [6, 6.07) is 0. The Hall–Kier alpha value is 0.340. The molecule has 0 saturated carbocycles. The van der Waals surface area contributed by atoms with E-state index < -0.39 is 11.9 Å². The monoisotopic (exact) mass is 288 g/mol. The van der Waals surface area contributed by atoms with Crippen LogP contribution in [-0.4, -0.2) is 38.7 Å². The van der Waals surface area contributed by atoms with E-state index in [-0.39, 0.29) is 12.8 Å². The molecular formula is C7H12O4S4. The van der Waals surface area contributed by atoms with Gasteiger partial charge < -0.3 is 10.2 Å². The number of carbonyl (C=O) groups is 2. The van der Waals surface area contributed by atoms with E-state index in [1.165, 1.54) is 21.6 Å². The summed E-state index contributed by atoms with van der Waals surface area (Å²) in [6.07, 6.45) is 0.378. The number of hydrogen-bond acceptors (Lipinski definition) is 6. The standard InChI is InChI=1S/C7H12O4S4/c8-6(9)1-3-12-14-5-15-13-4-2-7(10)11/h1-5H2,(H,8,9)(H,10,11). The van der Waals surface area contributed by atoms with Gasteiger partial charge in [-0.1, -0.05) is 43.2 Å². The fourth-order valence-electron chi connectivity index (χ4n) is 0.463. The fourth-order valence-corrected chi connectivity index (χ4v) is 5.76. The van der Waals surface area contributed by atoms with E-state index in [1.54, 1.807) is 21.6 Å². The predicted octanol–water partition coefficient (Wildman–Crippen LogP) is 2.66. The van der Waals surface area contributed by atoms with Crippen molar-refractivity contribution in [1.29, 1.82) is 0 Å². The zero-order valence-electron chi connectivity index (χ0n) is 7.88. The van der Waals surface area contributed by atoms with Crippen LogP contribution >= 0.6 is 43.2 Å². The molecule has 0 atom stereocenters. The lowest BCUT2D eigenvalue weighted by Crippen LogP contribution is -1.95. The molecule has 4 nitrogen and oxygen atoms in total. The molecule has 0 saturated heterocycles. The van der Waals surface area contributed by atoms with Crippen LogP contribution in [0, 0.1) is 0 Å². The Morgan fingerprint density at radius 2 is 1.20 bits per heavy atom. The van der Waals surface area contributed by atoms with Gasteiger partial charge >= 0.3 is 11.9 Å². The lowest BCUT2D eigenvalue weighted by atomic mass is 10.5. The summed E-state index contributed by atoms with van der Waals surface area (Å²) in [6.45, 7) is 0. The van der Waals surface area contributed by atoms with Gasteiger partial charge in [0.15, 0.2) is 0 Å². The zero-order chi connectivity index (χ0) is 11.5. The third-order valence-electron chi connectivity index (χ3n) is 1.06. The van der Waals surface area contributed by atoms with Crippen LogP contribution in [0.5, 0.6) is 0 Å². The minimum Gasteiger partial charge on any atom is -0.481 e. The van der Waals surface area contributed by atoms with Crippen LogP contribution in [0.3, 0.4) is 0 Å². The Morgan fingerprint density at radius 3 is 1.53 bits per heavy atom. The quantitative estimate of drug-likeness (QED) is 0.361. The minimum absolute atomic E-state index is 0.189. The van der Waals surface area contributed by atoms with Gasteiger partial charge in [0.2, 0.25) is 0 Å². The van der Waals surface area contributed by atoms with E-state index in [4.69, 9.17) is 10.2 Å². The average molecular weight is 288 g/mol. The highest BCUT2D eigenvalue weighted by molar-refractivity contribution is 8.85. The first-order valence-electron chi connectivity index (χ1n) is 4.05. The van der Waals surface area contributed by atoms with Gasteiger partial charge in [0.05, 0.1) is 17.9 Å². The molecule has 2 N–H and O–H groups in total. The molecule has 0 radical (unpaired) electrons. The first-order chi connectivity index (χ1) is 7.13. The Bertz CT molecular complexity index is 179. The number of rotatable bonds is 10. The topological polar surface area (TPSA) is 74.6 Å². The van der Waals surface area contributed by atoms with E-state index in [1.807, 2.05) is 0 Å².